The average molecular weight is 275 g/mol. The Balaban J connectivity index is 2.01. The number of aliphatic carboxylic acids is 1. The van der Waals surface area contributed by atoms with E-state index >= 15 is 0 Å². The zero-order chi connectivity index (χ0) is 14.6. The van der Waals surface area contributed by atoms with E-state index in [0.717, 1.165) is 12.0 Å². The average Bonchev–Trinajstić information content (AvgIpc) is 2.86. The van der Waals surface area contributed by atoms with Crippen molar-refractivity contribution in [3.8, 4) is 0 Å². The van der Waals surface area contributed by atoms with Crippen molar-refractivity contribution in [3.05, 3.63) is 35.9 Å². The van der Waals surface area contributed by atoms with Crippen LogP contribution in [0.3, 0.4) is 0 Å². The van der Waals surface area contributed by atoms with Crippen molar-refractivity contribution in [1.29, 1.82) is 0 Å². The molecule has 0 radical (unpaired) electrons. The first kappa shape index (κ1) is 14.6. The Bertz CT molecular complexity index is 486. The summed E-state index contributed by atoms with van der Waals surface area (Å²) in [5, 5.41) is 9.45. The molecule has 0 aromatic heterocycles. The van der Waals surface area contributed by atoms with E-state index in [9.17, 15) is 14.7 Å². The number of carbonyl (C=O) groups is 2. The van der Waals surface area contributed by atoms with E-state index < -0.39 is 11.4 Å². The lowest BCUT2D eigenvalue weighted by Crippen LogP contribution is -2.37. The monoisotopic (exact) mass is 275 g/mol. The number of amides is 1. The molecule has 0 spiro atoms. The molecule has 1 aliphatic rings. The fraction of sp³-hybridized carbons (Fsp3) is 0.500. The lowest BCUT2D eigenvalue weighted by Gasteiger charge is -2.24. The molecule has 1 unspecified atom stereocenters. The molecular weight excluding hydrogens is 254 g/mol. The Morgan fingerprint density at radius 2 is 2.00 bits per heavy atom. The minimum Gasteiger partial charge on any atom is -0.481 e. The van der Waals surface area contributed by atoms with Gasteiger partial charge in [0.1, 0.15) is 0 Å². The minimum absolute atomic E-state index is 0.0235. The highest BCUT2D eigenvalue weighted by Crippen LogP contribution is 2.35. The van der Waals surface area contributed by atoms with Gasteiger partial charge in [0.2, 0.25) is 5.91 Å². The van der Waals surface area contributed by atoms with Gasteiger partial charge < -0.3 is 10.0 Å². The Morgan fingerprint density at radius 3 is 2.60 bits per heavy atom. The van der Waals surface area contributed by atoms with Gasteiger partial charge in [0, 0.05) is 13.1 Å². The van der Waals surface area contributed by atoms with Crippen LogP contribution in [0.1, 0.15) is 31.7 Å². The molecule has 2 rings (SSSR count). The smallest absolute Gasteiger partial charge is 0.311 e. The molecule has 0 bridgehead atoms. The largest absolute Gasteiger partial charge is 0.481 e. The van der Waals surface area contributed by atoms with E-state index in [1.54, 1.807) is 4.90 Å². The lowest BCUT2D eigenvalue weighted by atomic mass is 9.83. The van der Waals surface area contributed by atoms with Crippen LogP contribution in [0.25, 0.3) is 0 Å². The van der Waals surface area contributed by atoms with Crippen LogP contribution in [-0.2, 0) is 16.0 Å². The van der Waals surface area contributed by atoms with Crippen molar-refractivity contribution < 1.29 is 14.7 Å². The Labute approximate surface area is 119 Å². The van der Waals surface area contributed by atoms with Crippen LogP contribution in [0.5, 0.6) is 0 Å². The van der Waals surface area contributed by atoms with Gasteiger partial charge in [-0.05, 0) is 18.4 Å². The van der Waals surface area contributed by atoms with Crippen LogP contribution in [0.15, 0.2) is 30.3 Å². The van der Waals surface area contributed by atoms with Crippen molar-refractivity contribution in [2.24, 2.45) is 5.41 Å². The van der Waals surface area contributed by atoms with Crippen molar-refractivity contribution >= 4 is 11.9 Å². The molecule has 1 heterocycles. The number of rotatable bonds is 5. The number of hydrogen-bond donors (Lipinski definition) is 1. The Hall–Kier alpha value is -1.84. The molecule has 1 aliphatic heterocycles. The summed E-state index contributed by atoms with van der Waals surface area (Å²) in [6.07, 6.45) is 2.38. The summed E-state index contributed by atoms with van der Waals surface area (Å²) in [5.74, 6) is -0.746. The highest BCUT2D eigenvalue weighted by atomic mass is 16.4. The summed E-state index contributed by atoms with van der Waals surface area (Å²) in [4.78, 5) is 25.5. The predicted molar refractivity (Wildman–Crippen MR) is 76.3 cm³/mol. The quantitative estimate of drug-likeness (QED) is 0.897. The summed E-state index contributed by atoms with van der Waals surface area (Å²) >= 11 is 0. The zero-order valence-electron chi connectivity index (χ0n) is 11.8. The summed E-state index contributed by atoms with van der Waals surface area (Å²) < 4.78 is 0. The third-order valence-corrected chi connectivity index (χ3v) is 4.09. The maximum Gasteiger partial charge on any atom is 0.311 e. The summed E-state index contributed by atoms with van der Waals surface area (Å²) in [6.45, 7) is 2.89. The molecule has 1 N–H and O–H groups in total. The maximum atomic E-state index is 12.3. The van der Waals surface area contributed by atoms with E-state index in [2.05, 4.69) is 0 Å². The van der Waals surface area contributed by atoms with Crippen LogP contribution < -0.4 is 0 Å². The molecule has 0 aliphatic carbocycles. The van der Waals surface area contributed by atoms with Gasteiger partial charge in [0.05, 0.1) is 11.8 Å². The first-order valence-corrected chi connectivity index (χ1v) is 7.12. The normalized spacial score (nSPS) is 21.9. The molecular formula is C16H21NO3. The van der Waals surface area contributed by atoms with Gasteiger partial charge in [-0.2, -0.15) is 0 Å². The second kappa shape index (κ2) is 6.07. The summed E-state index contributed by atoms with van der Waals surface area (Å²) in [7, 11) is 0. The standard InChI is InChI=1S/C16H21NO3/c1-2-8-16(15(19)20)9-10-17(12-16)14(18)11-13-6-4-3-5-7-13/h3-7H,2,8-12H2,1H3,(H,19,20). The Morgan fingerprint density at radius 1 is 1.30 bits per heavy atom. The van der Waals surface area contributed by atoms with E-state index in [0.29, 0.717) is 32.4 Å². The number of carboxylic acids is 1. The van der Waals surface area contributed by atoms with Crippen LogP contribution in [0.4, 0.5) is 0 Å². The number of carboxylic acid groups (broad SMARTS) is 1. The minimum atomic E-state index is -0.769. The number of carbonyl (C=O) groups excluding carboxylic acids is 1. The molecule has 4 nitrogen and oxygen atoms in total. The second-order valence-corrected chi connectivity index (χ2v) is 5.56. The van der Waals surface area contributed by atoms with Crippen LogP contribution >= 0.6 is 0 Å². The molecule has 108 valence electrons. The molecule has 1 aromatic rings. The van der Waals surface area contributed by atoms with Crippen LogP contribution in [0, 0.1) is 5.41 Å². The van der Waals surface area contributed by atoms with Gasteiger partial charge in [-0.15, -0.1) is 0 Å². The molecule has 4 heteroatoms. The van der Waals surface area contributed by atoms with Gasteiger partial charge in [-0.25, -0.2) is 0 Å². The van der Waals surface area contributed by atoms with Crippen molar-refractivity contribution in [2.75, 3.05) is 13.1 Å². The molecule has 1 aromatic carbocycles. The second-order valence-electron chi connectivity index (χ2n) is 5.56. The van der Waals surface area contributed by atoms with Gasteiger partial charge in [0.15, 0.2) is 0 Å². The number of hydrogen-bond acceptors (Lipinski definition) is 2. The van der Waals surface area contributed by atoms with Crippen molar-refractivity contribution in [2.45, 2.75) is 32.6 Å². The molecule has 1 fully saturated rings. The molecule has 0 saturated carbocycles. The summed E-state index contributed by atoms with van der Waals surface area (Å²) in [6, 6.07) is 9.58. The summed E-state index contributed by atoms with van der Waals surface area (Å²) in [5.41, 5.74) is 0.238. The number of benzene rings is 1. The van der Waals surface area contributed by atoms with E-state index in [4.69, 9.17) is 0 Å². The molecule has 1 amide bonds. The van der Waals surface area contributed by atoms with E-state index in [-0.39, 0.29) is 5.91 Å². The third-order valence-electron chi connectivity index (χ3n) is 4.09. The third kappa shape index (κ3) is 3.00. The first-order chi connectivity index (χ1) is 9.57. The van der Waals surface area contributed by atoms with Gasteiger partial charge in [-0.3, -0.25) is 9.59 Å². The van der Waals surface area contributed by atoms with Gasteiger partial charge >= 0.3 is 5.97 Å². The van der Waals surface area contributed by atoms with Crippen LogP contribution in [-0.4, -0.2) is 35.0 Å². The van der Waals surface area contributed by atoms with Crippen molar-refractivity contribution in [1.82, 2.24) is 4.90 Å². The highest BCUT2D eigenvalue weighted by molar-refractivity contribution is 5.82. The van der Waals surface area contributed by atoms with Gasteiger partial charge in [-0.1, -0.05) is 43.7 Å². The van der Waals surface area contributed by atoms with E-state index in [1.165, 1.54) is 0 Å². The van der Waals surface area contributed by atoms with Gasteiger partial charge in [0.25, 0.3) is 0 Å². The van der Waals surface area contributed by atoms with Crippen LogP contribution in [0.2, 0.25) is 0 Å². The van der Waals surface area contributed by atoms with E-state index in [1.807, 2.05) is 37.3 Å². The van der Waals surface area contributed by atoms with Crippen molar-refractivity contribution in [3.63, 3.8) is 0 Å². The molecule has 1 saturated heterocycles. The topological polar surface area (TPSA) is 57.6 Å². The fourth-order valence-corrected chi connectivity index (χ4v) is 2.93. The number of nitrogens with zero attached hydrogens (tertiary/aromatic N) is 1. The Kier molecular flexibility index (Phi) is 4.42. The SMILES string of the molecule is CCCC1(C(=O)O)CCN(C(=O)Cc2ccccc2)C1. The maximum absolute atomic E-state index is 12.3. The predicted octanol–water partition coefficient (Wildman–Crippen LogP) is 2.33. The highest BCUT2D eigenvalue weighted by Gasteiger charge is 2.45. The lowest BCUT2D eigenvalue weighted by molar-refractivity contribution is -0.149. The molecule has 1 atom stereocenters. The fourth-order valence-electron chi connectivity index (χ4n) is 2.93. The number of likely N-dealkylation sites (tertiary alicyclic amines) is 1. The zero-order valence-corrected chi connectivity index (χ0v) is 11.8. The molecule has 20 heavy (non-hydrogen) atoms. The first-order valence-electron chi connectivity index (χ1n) is 7.12.